The molecule has 0 saturated carbocycles. The van der Waals surface area contributed by atoms with Crippen molar-refractivity contribution in [2.45, 2.75) is 31.5 Å². The van der Waals surface area contributed by atoms with Crippen LogP contribution in [0, 0.1) is 0 Å². The van der Waals surface area contributed by atoms with Crippen LogP contribution in [0.25, 0.3) is 0 Å². The van der Waals surface area contributed by atoms with Crippen molar-refractivity contribution in [2.24, 2.45) is 0 Å². The van der Waals surface area contributed by atoms with Crippen molar-refractivity contribution < 1.29 is 4.74 Å². The fraction of sp³-hybridized carbons (Fsp3) is 0.600. The molecule has 14 heavy (non-hydrogen) atoms. The van der Waals surface area contributed by atoms with E-state index in [1.165, 1.54) is 17.7 Å². The summed E-state index contributed by atoms with van der Waals surface area (Å²) in [5.74, 6) is 0. The molecule has 2 unspecified atom stereocenters. The minimum Gasteiger partial charge on any atom is -0.369 e. The average Bonchev–Trinajstić information content (AvgIpc) is 2.65. The van der Waals surface area contributed by atoms with Crippen LogP contribution in [0.3, 0.4) is 0 Å². The third-order valence-electron chi connectivity index (χ3n) is 2.43. The summed E-state index contributed by atoms with van der Waals surface area (Å²) in [5.41, 5.74) is 0. The molecule has 1 aliphatic rings. The van der Waals surface area contributed by atoms with Crippen LogP contribution < -0.4 is 0 Å². The van der Waals surface area contributed by atoms with Crippen molar-refractivity contribution in [2.75, 3.05) is 4.43 Å². The zero-order valence-electron chi connectivity index (χ0n) is 7.71. The van der Waals surface area contributed by atoms with Crippen molar-refractivity contribution in [3.8, 4) is 0 Å². The molecule has 0 N–H and O–H groups in total. The lowest BCUT2D eigenvalue weighted by Crippen LogP contribution is -2.22. The number of rotatable bonds is 2. The minimum atomic E-state index is 0.293. The van der Waals surface area contributed by atoms with Gasteiger partial charge in [-0.2, -0.15) is 0 Å². The monoisotopic (exact) mass is 342 g/mol. The third kappa shape index (κ3) is 2.62. The van der Waals surface area contributed by atoms with Crippen molar-refractivity contribution >= 4 is 45.5 Å². The lowest BCUT2D eigenvalue weighted by atomic mass is 10.0. The third-order valence-corrected chi connectivity index (χ3v) is 4.78. The molecule has 0 bridgehead atoms. The van der Waals surface area contributed by atoms with E-state index in [2.05, 4.69) is 22.6 Å². The van der Waals surface area contributed by atoms with Gasteiger partial charge in [0.05, 0.1) is 17.2 Å². The zero-order valence-corrected chi connectivity index (χ0v) is 11.4. The van der Waals surface area contributed by atoms with Crippen LogP contribution in [0.15, 0.2) is 11.4 Å². The summed E-state index contributed by atoms with van der Waals surface area (Å²) < 4.78 is 7.07. The number of halogens is 2. The molecule has 1 aromatic rings. The van der Waals surface area contributed by atoms with Crippen LogP contribution in [-0.4, -0.2) is 10.5 Å². The summed E-state index contributed by atoms with van der Waals surface area (Å²) in [4.78, 5) is 1.28. The molecule has 2 heterocycles. The van der Waals surface area contributed by atoms with Crippen LogP contribution >= 0.6 is 45.5 Å². The maximum absolute atomic E-state index is 5.98. The molecule has 2 atom stereocenters. The van der Waals surface area contributed by atoms with E-state index in [9.17, 15) is 0 Å². The van der Waals surface area contributed by atoms with E-state index < -0.39 is 0 Å². The van der Waals surface area contributed by atoms with Crippen molar-refractivity contribution in [1.82, 2.24) is 0 Å². The van der Waals surface area contributed by atoms with Gasteiger partial charge in [0, 0.05) is 14.7 Å². The van der Waals surface area contributed by atoms with Crippen molar-refractivity contribution in [3.05, 3.63) is 21.3 Å². The smallest absolute Gasteiger partial charge is 0.0921 e. The Bertz CT molecular complexity index is 302. The molecule has 0 amide bonds. The van der Waals surface area contributed by atoms with Gasteiger partial charge in [0.1, 0.15) is 0 Å². The molecular formula is C10H12ClIOS. The highest BCUT2D eigenvalue weighted by Gasteiger charge is 2.23. The minimum absolute atomic E-state index is 0.293. The predicted molar refractivity (Wildman–Crippen MR) is 69.7 cm³/mol. The number of thiophene rings is 1. The Hall–Kier alpha value is 0.680. The SMILES string of the molecule is Clc1csc(C2CCCC(CI)O2)c1. The summed E-state index contributed by atoms with van der Waals surface area (Å²) in [7, 11) is 0. The second-order valence-corrected chi connectivity index (χ2v) is 5.76. The fourth-order valence-electron chi connectivity index (χ4n) is 1.72. The number of hydrogen-bond acceptors (Lipinski definition) is 2. The Morgan fingerprint density at radius 3 is 3.07 bits per heavy atom. The van der Waals surface area contributed by atoms with Gasteiger partial charge in [-0.15, -0.1) is 11.3 Å². The fourth-order valence-corrected chi connectivity index (χ4v) is 3.52. The molecule has 1 fully saturated rings. The van der Waals surface area contributed by atoms with Crippen molar-refractivity contribution in [1.29, 1.82) is 0 Å². The van der Waals surface area contributed by atoms with E-state index in [1.807, 2.05) is 11.4 Å². The quantitative estimate of drug-likeness (QED) is 0.570. The second kappa shape index (κ2) is 5.14. The van der Waals surface area contributed by atoms with Gasteiger partial charge in [-0.3, -0.25) is 0 Å². The first-order chi connectivity index (χ1) is 6.79. The highest BCUT2D eigenvalue weighted by atomic mass is 127. The zero-order chi connectivity index (χ0) is 9.97. The van der Waals surface area contributed by atoms with Gasteiger partial charge >= 0.3 is 0 Å². The maximum Gasteiger partial charge on any atom is 0.0921 e. The van der Waals surface area contributed by atoms with Crippen LogP contribution in [-0.2, 0) is 4.74 Å². The van der Waals surface area contributed by atoms with E-state index in [4.69, 9.17) is 16.3 Å². The number of alkyl halides is 1. The maximum atomic E-state index is 5.98. The molecule has 1 nitrogen and oxygen atoms in total. The van der Waals surface area contributed by atoms with E-state index >= 15 is 0 Å². The molecule has 1 aliphatic heterocycles. The molecule has 0 radical (unpaired) electrons. The Labute approximate surface area is 107 Å². The lowest BCUT2D eigenvalue weighted by molar-refractivity contribution is -0.0356. The molecule has 0 aliphatic carbocycles. The van der Waals surface area contributed by atoms with Gasteiger partial charge in [-0.25, -0.2) is 0 Å². The van der Waals surface area contributed by atoms with E-state index in [1.54, 1.807) is 11.3 Å². The first kappa shape index (κ1) is 11.2. The first-order valence-electron chi connectivity index (χ1n) is 4.75. The number of ether oxygens (including phenoxy) is 1. The lowest BCUT2D eigenvalue weighted by Gasteiger charge is -2.28. The molecule has 78 valence electrons. The molecule has 0 spiro atoms. The number of hydrogen-bond donors (Lipinski definition) is 0. The largest absolute Gasteiger partial charge is 0.369 e. The molecular weight excluding hydrogens is 331 g/mol. The topological polar surface area (TPSA) is 9.23 Å². The normalized spacial score (nSPS) is 27.9. The van der Waals surface area contributed by atoms with Crippen molar-refractivity contribution in [3.63, 3.8) is 0 Å². The van der Waals surface area contributed by atoms with Gasteiger partial charge in [-0.1, -0.05) is 34.2 Å². The summed E-state index contributed by atoms with van der Waals surface area (Å²) in [5, 5.41) is 2.82. The summed E-state index contributed by atoms with van der Waals surface area (Å²) in [6.45, 7) is 0. The Morgan fingerprint density at radius 2 is 2.43 bits per heavy atom. The summed E-state index contributed by atoms with van der Waals surface area (Å²) in [6.07, 6.45) is 4.35. The van der Waals surface area contributed by atoms with Gasteiger partial charge < -0.3 is 4.74 Å². The average molecular weight is 343 g/mol. The van der Waals surface area contributed by atoms with Crippen LogP contribution in [0.4, 0.5) is 0 Å². The van der Waals surface area contributed by atoms with Crippen LogP contribution in [0.2, 0.25) is 5.02 Å². The van der Waals surface area contributed by atoms with Gasteiger partial charge in [0.15, 0.2) is 0 Å². The van der Waals surface area contributed by atoms with Gasteiger partial charge in [-0.05, 0) is 25.3 Å². The Kier molecular flexibility index (Phi) is 4.10. The highest BCUT2D eigenvalue weighted by molar-refractivity contribution is 14.1. The van der Waals surface area contributed by atoms with Crippen LogP contribution in [0.5, 0.6) is 0 Å². The van der Waals surface area contributed by atoms with Gasteiger partial charge in [0.25, 0.3) is 0 Å². The van der Waals surface area contributed by atoms with Crippen LogP contribution in [0.1, 0.15) is 30.2 Å². The van der Waals surface area contributed by atoms with Gasteiger partial charge in [0.2, 0.25) is 0 Å². The molecule has 4 heteroatoms. The molecule has 2 rings (SSSR count). The molecule has 1 aromatic heterocycles. The predicted octanol–water partition coefficient (Wildman–Crippen LogP) is 4.45. The van der Waals surface area contributed by atoms with E-state index in [0.29, 0.717) is 12.2 Å². The molecule has 0 aromatic carbocycles. The Morgan fingerprint density at radius 1 is 1.57 bits per heavy atom. The second-order valence-electron chi connectivity index (χ2n) is 3.50. The summed E-state index contributed by atoms with van der Waals surface area (Å²) in [6, 6.07) is 2.03. The molecule has 1 saturated heterocycles. The highest BCUT2D eigenvalue weighted by Crippen LogP contribution is 2.36. The first-order valence-corrected chi connectivity index (χ1v) is 7.53. The van der Waals surface area contributed by atoms with E-state index in [-0.39, 0.29) is 0 Å². The van der Waals surface area contributed by atoms with E-state index in [0.717, 1.165) is 15.9 Å². The summed E-state index contributed by atoms with van der Waals surface area (Å²) >= 11 is 10.0. The standard InChI is InChI=1S/C10H12ClIOS/c11-7-4-10(14-6-7)9-3-1-2-8(5-12)13-9/h4,6,8-9H,1-3,5H2. The Balaban J connectivity index is 2.04.